The summed E-state index contributed by atoms with van der Waals surface area (Å²) >= 11 is 1.55. The molecule has 3 heterocycles. The average Bonchev–Trinajstić information content (AvgIpc) is 3.30. The first-order chi connectivity index (χ1) is 11.7. The molecule has 0 spiro atoms. The Morgan fingerprint density at radius 2 is 2.25 bits per heavy atom. The Hall–Kier alpha value is -2.41. The lowest BCUT2D eigenvalue weighted by molar-refractivity contribution is 0.0886. The maximum absolute atomic E-state index is 12.4. The molecule has 1 N–H and O–H groups in total. The molecule has 0 aromatic carbocycles. The normalized spacial score (nSPS) is 10.9. The highest BCUT2D eigenvalue weighted by molar-refractivity contribution is 7.13. The van der Waals surface area contributed by atoms with E-state index in [1.54, 1.807) is 11.3 Å². The molecule has 3 rings (SSSR count). The number of aromatic nitrogens is 3. The van der Waals surface area contributed by atoms with Crippen molar-refractivity contribution in [2.45, 2.75) is 39.7 Å². The maximum atomic E-state index is 12.4. The second kappa shape index (κ2) is 7.44. The molecule has 0 aliphatic heterocycles. The van der Waals surface area contributed by atoms with E-state index in [4.69, 9.17) is 4.42 Å². The first-order valence-electron chi connectivity index (χ1n) is 8.00. The van der Waals surface area contributed by atoms with Crippen molar-refractivity contribution >= 4 is 23.2 Å². The molecule has 6 nitrogen and oxygen atoms in total. The van der Waals surface area contributed by atoms with Gasteiger partial charge in [0.25, 0.3) is 0 Å². The van der Waals surface area contributed by atoms with E-state index in [0.29, 0.717) is 24.7 Å². The standard InChI is InChI=1S/C17H20N4O2S/c1-3-4-7-15(22)21-17(18-11-13-9-8-12(2)23-13)19-16(20-21)14-6-5-10-24-14/h5-6,8-10H,3-4,7,11H2,1-2H3,(H,18,19,20). The van der Waals surface area contributed by atoms with Gasteiger partial charge in [-0.15, -0.1) is 16.4 Å². The van der Waals surface area contributed by atoms with Gasteiger partial charge in [-0.25, -0.2) is 0 Å². The van der Waals surface area contributed by atoms with Crippen molar-refractivity contribution < 1.29 is 9.21 Å². The number of furan rings is 1. The zero-order valence-electron chi connectivity index (χ0n) is 13.8. The predicted molar refractivity (Wildman–Crippen MR) is 94.3 cm³/mol. The highest BCUT2D eigenvalue weighted by Gasteiger charge is 2.17. The number of nitrogens with one attached hydrogen (secondary N) is 1. The van der Waals surface area contributed by atoms with Gasteiger partial charge >= 0.3 is 0 Å². The minimum absolute atomic E-state index is 0.0507. The van der Waals surface area contributed by atoms with Gasteiger partial charge in [-0.05, 0) is 36.9 Å². The summed E-state index contributed by atoms with van der Waals surface area (Å²) in [5, 5.41) is 9.52. The molecule has 0 bridgehead atoms. The molecule has 24 heavy (non-hydrogen) atoms. The van der Waals surface area contributed by atoms with Gasteiger partial charge in [0.2, 0.25) is 11.9 Å². The molecule has 0 saturated heterocycles. The second-order valence-corrected chi connectivity index (χ2v) is 6.46. The van der Waals surface area contributed by atoms with Crippen LogP contribution in [-0.2, 0) is 6.54 Å². The Morgan fingerprint density at radius 3 is 2.92 bits per heavy atom. The van der Waals surface area contributed by atoms with Gasteiger partial charge in [-0.3, -0.25) is 4.79 Å². The van der Waals surface area contributed by atoms with Crippen LogP contribution in [0.15, 0.2) is 34.1 Å². The molecule has 0 amide bonds. The molecular formula is C17H20N4O2S. The molecule has 0 aliphatic carbocycles. The number of nitrogens with zero attached hydrogens (tertiary/aromatic N) is 3. The summed E-state index contributed by atoms with van der Waals surface area (Å²) < 4.78 is 6.92. The van der Waals surface area contributed by atoms with E-state index in [9.17, 15) is 4.79 Å². The first-order valence-corrected chi connectivity index (χ1v) is 8.88. The Balaban J connectivity index is 1.82. The van der Waals surface area contributed by atoms with Gasteiger partial charge in [0, 0.05) is 6.42 Å². The molecule has 0 aliphatic rings. The third kappa shape index (κ3) is 3.73. The number of anilines is 1. The molecule has 0 atom stereocenters. The SMILES string of the molecule is CCCCC(=O)n1nc(-c2cccs2)nc1NCc1ccc(C)o1. The maximum Gasteiger partial charge on any atom is 0.250 e. The van der Waals surface area contributed by atoms with Gasteiger partial charge < -0.3 is 9.73 Å². The zero-order chi connectivity index (χ0) is 16.9. The number of hydrogen-bond acceptors (Lipinski definition) is 6. The fraction of sp³-hybridized carbons (Fsp3) is 0.353. The summed E-state index contributed by atoms with van der Waals surface area (Å²) in [6, 6.07) is 7.70. The second-order valence-electron chi connectivity index (χ2n) is 5.51. The van der Waals surface area contributed by atoms with E-state index in [2.05, 4.69) is 22.3 Å². The molecule has 0 fully saturated rings. The Kier molecular flexibility index (Phi) is 5.10. The summed E-state index contributed by atoms with van der Waals surface area (Å²) in [5.41, 5.74) is 0. The van der Waals surface area contributed by atoms with Crippen molar-refractivity contribution in [2.24, 2.45) is 0 Å². The monoisotopic (exact) mass is 344 g/mol. The Morgan fingerprint density at radius 1 is 1.38 bits per heavy atom. The van der Waals surface area contributed by atoms with Crippen LogP contribution in [0.3, 0.4) is 0 Å². The van der Waals surface area contributed by atoms with E-state index in [1.165, 1.54) is 4.68 Å². The lowest BCUT2D eigenvalue weighted by Gasteiger charge is -2.05. The molecular weight excluding hydrogens is 324 g/mol. The molecule has 0 saturated carbocycles. The number of aryl methyl sites for hydroxylation is 1. The minimum Gasteiger partial charge on any atom is -0.465 e. The fourth-order valence-corrected chi connectivity index (χ4v) is 2.94. The van der Waals surface area contributed by atoms with Crippen LogP contribution in [0.1, 0.15) is 42.5 Å². The quantitative estimate of drug-likeness (QED) is 0.690. The summed E-state index contributed by atoms with van der Waals surface area (Å²) in [7, 11) is 0. The van der Waals surface area contributed by atoms with Crippen molar-refractivity contribution in [2.75, 3.05) is 5.32 Å². The van der Waals surface area contributed by atoms with E-state index in [1.807, 2.05) is 36.6 Å². The fourth-order valence-electron chi connectivity index (χ4n) is 2.29. The van der Waals surface area contributed by atoms with Gasteiger partial charge in [-0.1, -0.05) is 19.4 Å². The van der Waals surface area contributed by atoms with Crippen LogP contribution in [0, 0.1) is 6.92 Å². The number of rotatable bonds is 7. The van der Waals surface area contributed by atoms with Gasteiger partial charge in [-0.2, -0.15) is 9.67 Å². The van der Waals surface area contributed by atoms with Crippen molar-refractivity contribution in [3.63, 3.8) is 0 Å². The molecule has 0 unspecified atom stereocenters. The molecule has 3 aromatic heterocycles. The van der Waals surface area contributed by atoms with E-state index >= 15 is 0 Å². The van der Waals surface area contributed by atoms with Crippen LogP contribution in [-0.4, -0.2) is 20.7 Å². The average molecular weight is 344 g/mol. The number of unbranched alkanes of at least 4 members (excludes halogenated alkanes) is 1. The van der Waals surface area contributed by atoms with Crippen molar-refractivity contribution in [1.82, 2.24) is 14.8 Å². The van der Waals surface area contributed by atoms with Crippen molar-refractivity contribution in [3.05, 3.63) is 41.2 Å². The van der Waals surface area contributed by atoms with Gasteiger partial charge in [0.15, 0.2) is 5.82 Å². The summed E-state index contributed by atoms with van der Waals surface area (Å²) in [6.45, 7) is 4.41. The number of carbonyl (C=O) groups excluding carboxylic acids is 1. The largest absolute Gasteiger partial charge is 0.465 e. The third-order valence-corrected chi connectivity index (χ3v) is 4.41. The number of hydrogen-bond donors (Lipinski definition) is 1. The van der Waals surface area contributed by atoms with E-state index < -0.39 is 0 Å². The number of carbonyl (C=O) groups is 1. The summed E-state index contributed by atoms with van der Waals surface area (Å²) in [5.74, 6) is 2.61. The topological polar surface area (TPSA) is 73.0 Å². The lowest BCUT2D eigenvalue weighted by atomic mass is 10.2. The number of thiophene rings is 1. The highest BCUT2D eigenvalue weighted by Crippen LogP contribution is 2.23. The minimum atomic E-state index is -0.0507. The third-order valence-electron chi connectivity index (χ3n) is 3.55. The molecule has 0 radical (unpaired) electrons. The van der Waals surface area contributed by atoms with Gasteiger partial charge in [0.1, 0.15) is 11.5 Å². The Bertz CT molecular complexity index is 805. The smallest absolute Gasteiger partial charge is 0.250 e. The van der Waals surface area contributed by atoms with Crippen LogP contribution in [0.25, 0.3) is 10.7 Å². The molecule has 3 aromatic rings. The highest BCUT2D eigenvalue weighted by atomic mass is 32.1. The summed E-state index contributed by atoms with van der Waals surface area (Å²) in [4.78, 5) is 17.9. The van der Waals surface area contributed by atoms with E-state index in [0.717, 1.165) is 29.2 Å². The van der Waals surface area contributed by atoms with E-state index in [-0.39, 0.29) is 5.91 Å². The Labute approximate surface area is 144 Å². The van der Waals surface area contributed by atoms with Crippen molar-refractivity contribution in [3.8, 4) is 10.7 Å². The summed E-state index contributed by atoms with van der Waals surface area (Å²) in [6.07, 6.45) is 2.26. The first kappa shape index (κ1) is 16.4. The molecule has 7 heteroatoms. The zero-order valence-corrected chi connectivity index (χ0v) is 14.6. The predicted octanol–water partition coefficient (Wildman–Crippen LogP) is 4.35. The van der Waals surface area contributed by atoms with Crippen LogP contribution < -0.4 is 5.32 Å². The van der Waals surface area contributed by atoms with Crippen LogP contribution in [0.2, 0.25) is 0 Å². The molecule has 126 valence electrons. The van der Waals surface area contributed by atoms with Crippen LogP contribution in [0.5, 0.6) is 0 Å². The van der Waals surface area contributed by atoms with Crippen molar-refractivity contribution in [1.29, 1.82) is 0 Å². The lowest BCUT2D eigenvalue weighted by Crippen LogP contribution is -2.16. The van der Waals surface area contributed by atoms with Crippen LogP contribution in [0.4, 0.5) is 5.95 Å². The van der Waals surface area contributed by atoms with Gasteiger partial charge in [0.05, 0.1) is 11.4 Å². The van der Waals surface area contributed by atoms with Crippen LogP contribution >= 0.6 is 11.3 Å².